The van der Waals surface area contributed by atoms with Crippen molar-refractivity contribution < 1.29 is 0 Å². The van der Waals surface area contributed by atoms with Crippen LogP contribution in [0.2, 0.25) is 0 Å². The number of nitrogens with one attached hydrogen (secondary N) is 1. The number of unbranched alkanes of at least 4 members (excludes halogenated alkanes) is 5. The Balaban J connectivity index is 1.84. The summed E-state index contributed by atoms with van der Waals surface area (Å²) in [6, 6.07) is 0.370. The monoisotopic (exact) mass is 278 g/mol. The van der Waals surface area contributed by atoms with E-state index in [9.17, 15) is 0 Å². The molecule has 0 aliphatic carbocycles. The van der Waals surface area contributed by atoms with Crippen LogP contribution >= 0.6 is 0 Å². The average molecular weight is 278 g/mol. The van der Waals surface area contributed by atoms with Crippen LogP contribution < -0.4 is 5.32 Å². The van der Waals surface area contributed by atoms with Crippen LogP contribution in [0.4, 0.5) is 0 Å². The van der Waals surface area contributed by atoms with Crippen molar-refractivity contribution in [1.82, 2.24) is 20.1 Å². The van der Waals surface area contributed by atoms with Crippen molar-refractivity contribution in [2.75, 3.05) is 6.54 Å². The lowest BCUT2D eigenvalue weighted by atomic mass is 10.0. The van der Waals surface area contributed by atoms with Crippen molar-refractivity contribution in [3.8, 4) is 0 Å². The van der Waals surface area contributed by atoms with Gasteiger partial charge in [-0.1, -0.05) is 52.9 Å². The second-order valence-corrected chi connectivity index (χ2v) is 6.32. The molecule has 1 atom stereocenters. The first-order chi connectivity index (χ1) is 9.74. The van der Waals surface area contributed by atoms with Gasteiger partial charge in [-0.2, -0.15) is 0 Å². The first-order valence-corrected chi connectivity index (χ1v) is 8.39. The molecule has 1 aliphatic heterocycles. The molecular weight excluding hydrogens is 248 g/mol. The lowest BCUT2D eigenvalue weighted by Crippen LogP contribution is -2.37. The molecule has 2 rings (SSSR count). The third-order valence-corrected chi connectivity index (χ3v) is 4.25. The molecule has 2 heterocycles. The largest absolute Gasteiger partial charge is 0.312 e. The third kappa shape index (κ3) is 3.81. The van der Waals surface area contributed by atoms with Crippen molar-refractivity contribution in [1.29, 1.82) is 0 Å². The average Bonchev–Trinajstić information content (AvgIpc) is 2.85. The smallest absolute Gasteiger partial charge is 0.150 e. The van der Waals surface area contributed by atoms with E-state index in [-0.39, 0.29) is 0 Å². The van der Waals surface area contributed by atoms with Gasteiger partial charge in [0, 0.05) is 19.5 Å². The Morgan fingerprint density at radius 3 is 2.65 bits per heavy atom. The molecule has 20 heavy (non-hydrogen) atoms. The second kappa shape index (κ2) is 7.77. The van der Waals surface area contributed by atoms with Gasteiger partial charge in [0.05, 0.1) is 6.04 Å². The van der Waals surface area contributed by atoms with Crippen LogP contribution in [0, 0.1) is 5.92 Å². The zero-order valence-electron chi connectivity index (χ0n) is 13.4. The minimum Gasteiger partial charge on any atom is -0.312 e. The molecule has 0 bridgehead atoms. The molecule has 0 radical (unpaired) electrons. The van der Waals surface area contributed by atoms with E-state index in [1.807, 2.05) is 0 Å². The van der Waals surface area contributed by atoms with Gasteiger partial charge in [-0.3, -0.25) is 0 Å². The topological polar surface area (TPSA) is 42.7 Å². The molecule has 0 spiro atoms. The maximum absolute atomic E-state index is 4.44. The predicted molar refractivity (Wildman–Crippen MR) is 82.7 cm³/mol. The summed E-state index contributed by atoms with van der Waals surface area (Å²) in [5.41, 5.74) is 0. The van der Waals surface area contributed by atoms with E-state index in [0.29, 0.717) is 12.0 Å². The van der Waals surface area contributed by atoms with Crippen LogP contribution in [0.5, 0.6) is 0 Å². The third-order valence-electron chi connectivity index (χ3n) is 4.25. The van der Waals surface area contributed by atoms with Gasteiger partial charge >= 0.3 is 0 Å². The fraction of sp³-hybridized carbons (Fsp3) is 0.875. The Morgan fingerprint density at radius 1 is 1.15 bits per heavy atom. The fourth-order valence-corrected chi connectivity index (χ4v) is 3.03. The van der Waals surface area contributed by atoms with Gasteiger partial charge in [-0.15, -0.1) is 10.2 Å². The highest BCUT2D eigenvalue weighted by Crippen LogP contribution is 2.24. The summed E-state index contributed by atoms with van der Waals surface area (Å²) >= 11 is 0. The molecule has 1 aromatic rings. The summed E-state index contributed by atoms with van der Waals surface area (Å²) in [5, 5.41) is 12.4. The summed E-state index contributed by atoms with van der Waals surface area (Å²) in [5.74, 6) is 2.91. The normalized spacial score (nSPS) is 18.5. The lowest BCUT2D eigenvalue weighted by Gasteiger charge is -2.27. The Hall–Kier alpha value is -0.900. The zero-order chi connectivity index (χ0) is 14.4. The maximum Gasteiger partial charge on any atom is 0.150 e. The number of nitrogens with zero attached hydrogens (tertiary/aromatic N) is 3. The Bertz CT molecular complexity index is 397. The van der Waals surface area contributed by atoms with Crippen molar-refractivity contribution >= 4 is 0 Å². The number of aromatic nitrogens is 3. The second-order valence-electron chi connectivity index (χ2n) is 6.32. The highest BCUT2D eigenvalue weighted by Gasteiger charge is 2.26. The van der Waals surface area contributed by atoms with Crippen LogP contribution in [0.25, 0.3) is 0 Å². The highest BCUT2D eigenvalue weighted by atomic mass is 15.3. The quantitative estimate of drug-likeness (QED) is 0.740. The summed E-state index contributed by atoms with van der Waals surface area (Å²) in [4.78, 5) is 0. The zero-order valence-corrected chi connectivity index (χ0v) is 13.4. The van der Waals surface area contributed by atoms with Gasteiger partial charge in [0.2, 0.25) is 0 Å². The molecule has 114 valence electrons. The lowest BCUT2D eigenvalue weighted by molar-refractivity contribution is 0.334. The summed E-state index contributed by atoms with van der Waals surface area (Å²) < 4.78 is 2.35. The fourth-order valence-electron chi connectivity index (χ4n) is 3.03. The van der Waals surface area contributed by atoms with E-state index in [2.05, 4.69) is 40.9 Å². The summed E-state index contributed by atoms with van der Waals surface area (Å²) in [7, 11) is 0. The van der Waals surface area contributed by atoms with Crippen LogP contribution in [0.1, 0.15) is 77.0 Å². The van der Waals surface area contributed by atoms with Gasteiger partial charge < -0.3 is 9.88 Å². The molecule has 0 aromatic carbocycles. The molecule has 1 N–H and O–H groups in total. The molecule has 1 aromatic heterocycles. The van der Waals surface area contributed by atoms with Gasteiger partial charge in [0.25, 0.3) is 0 Å². The SMILES string of the molecule is CCCCCCCCc1nnc2n1CCNC2C(C)C. The van der Waals surface area contributed by atoms with E-state index in [4.69, 9.17) is 0 Å². The molecule has 0 saturated carbocycles. The van der Waals surface area contributed by atoms with Crippen LogP contribution in [0.15, 0.2) is 0 Å². The molecule has 4 heteroatoms. The minimum absolute atomic E-state index is 0.370. The number of hydrogen-bond donors (Lipinski definition) is 1. The molecule has 0 saturated heterocycles. The first-order valence-electron chi connectivity index (χ1n) is 8.39. The van der Waals surface area contributed by atoms with Crippen molar-refractivity contribution in [2.24, 2.45) is 5.92 Å². The van der Waals surface area contributed by atoms with Crippen molar-refractivity contribution in [2.45, 2.75) is 78.3 Å². The van der Waals surface area contributed by atoms with Gasteiger partial charge in [-0.25, -0.2) is 0 Å². The Morgan fingerprint density at radius 2 is 1.90 bits per heavy atom. The number of aryl methyl sites for hydroxylation is 1. The van der Waals surface area contributed by atoms with Crippen LogP contribution in [-0.4, -0.2) is 21.3 Å². The van der Waals surface area contributed by atoms with E-state index < -0.39 is 0 Å². The van der Waals surface area contributed by atoms with Crippen molar-refractivity contribution in [3.05, 3.63) is 11.6 Å². The van der Waals surface area contributed by atoms with E-state index >= 15 is 0 Å². The van der Waals surface area contributed by atoms with E-state index in [1.165, 1.54) is 44.3 Å². The van der Waals surface area contributed by atoms with Crippen LogP contribution in [0.3, 0.4) is 0 Å². The number of rotatable bonds is 8. The van der Waals surface area contributed by atoms with Crippen LogP contribution in [-0.2, 0) is 13.0 Å². The maximum atomic E-state index is 4.44. The first kappa shape index (κ1) is 15.5. The Labute approximate surface area is 123 Å². The molecule has 0 fully saturated rings. The standard InChI is InChI=1S/C16H30N4/c1-4-5-6-7-8-9-10-14-18-19-16-15(13(2)3)17-11-12-20(14)16/h13,15,17H,4-12H2,1-3H3. The summed E-state index contributed by atoms with van der Waals surface area (Å²) in [6.07, 6.45) is 9.11. The predicted octanol–water partition coefficient (Wildman–Crippen LogP) is 3.48. The van der Waals surface area contributed by atoms with Crippen molar-refractivity contribution in [3.63, 3.8) is 0 Å². The van der Waals surface area contributed by atoms with Gasteiger partial charge in [-0.05, 0) is 12.3 Å². The van der Waals surface area contributed by atoms with Gasteiger partial charge in [0.1, 0.15) is 5.82 Å². The summed E-state index contributed by atoms with van der Waals surface area (Å²) in [6.45, 7) is 8.82. The molecule has 0 amide bonds. The molecule has 1 unspecified atom stereocenters. The van der Waals surface area contributed by atoms with E-state index in [0.717, 1.165) is 25.3 Å². The molecular formula is C16H30N4. The Kier molecular flexibility index (Phi) is 6.02. The number of hydrogen-bond acceptors (Lipinski definition) is 3. The van der Waals surface area contributed by atoms with Gasteiger partial charge in [0.15, 0.2) is 5.82 Å². The highest BCUT2D eigenvalue weighted by molar-refractivity contribution is 5.05. The van der Waals surface area contributed by atoms with E-state index in [1.54, 1.807) is 0 Å². The number of fused-ring (bicyclic) bond motifs is 1. The molecule has 1 aliphatic rings. The minimum atomic E-state index is 0.370. The molecule has 4 nitrogen and oxygen atoms in total.